The summed E-state index contributed by atoms with van der Waals surface area (Å²) >= 11 is 1.70. The third-order valence-electron chi connectivity index (χ3n) is 4.31. The lowest BCUT2D eigenvalue weighted by Gasteiger charge is -2.24. The van der Waals surface area contributed by atoms with Gasteiger partial charge in [0.15, 0.2) is 0 Å². The lowest BCUT2D eigenvalue weighted by Crippen LogP contribution is -2.36. The molecule has 0 amide bonds. The first kappa shape index (κ1) is 23.0. The van der Waals surface area contributed by atoms with E-state index in [0.29, 0.717) is 6.04 Å². The number of hydrogen-bond acceptors (Lipinski definition) is 5. The molecule has 5 nitrogen and oxygen atoms in total. The number of hydrogen-bond donors (Lipinski definition) is 2. The lowest BCUT2D eigenvalue weighted by molar-refractivity contribution is 0.476. The Kier molecular flexibility index (Phi) is 9.13. The van der Waals surface area contributed by atoms with Crippen molar-refractivity contribution < 1.29 is 0 Å². The van der Waals surface area contributed by atoms with E-state index in [1.54, 1.807) is 11.3 Å². The number of aryl methyl sites for hydroxylation is 1. The molecule has 2 aromatic heterocycles. The third kappa shape index (κ3) is 5.02. The van der Waals surface area contributed by atoms with E-state index in [1.165, 1.54) is 0 Å². The van der Waals surface area contributed by atoms with Crippen LogP contribution < -0.4 is 10.6 Å². The summed E-state index contributed by atoms with van der Waals surface area (Å²) < 4.78 is 2.26. The first-order valence-corrected chi connectivity index (χ1v) is 9.01. The van der Waals surface area contributed by atoms with Crippen LogP contribution in [0.25, 0.3) is 11.0 Å². The molecule has 0 aliphatic carbocycles. The highest BCUT2D eigenvalue weighted by molar-refractivity contribution is 7.09. The number of para-hydroxylation sites is 2. The fourth-order valence-corrected chi connectivity index (χ4v) is 3.74. The van der Waals surface area contributed by atoms with Gasteiger partial charge < -0.3 is 15.2 Å². The van der Waals surface area contributed by atoms with Crippen LogP contribution in [-0.4, -0.2) is 33.7 Å². The molecule has 3 aromatic rings. The first-order chi connectivity index (χ1) is 11.3. The SMILES string of the molecule is Cc1nc(Cn2c(NC3CCNCC3)nc3ccccc32)cs1.Cl.Cl.Cl. The maximum Gasteiger partial charge on any atom is 0.204 e. The molecule has 0 unspecified atom stereocenters. The molecule has 9 heteroatoms. The molecule has 1 aliphatic heterocycles. The minimum absolute atomic E-state index is 0. The van der Waals surface area contributed by atoms with Gasteiger partial charge >= 0.3 is 0 Å². The zero-order valence-electron chi connectivity index (χ0n) is 14.5. The maximum absolute atomic E-state index is 4.82. The second kappa shape index (κ2) is 10.3. The molecule has 1 aliphatic rings. The van der Waals surface area contributed by atoms with Crippen molar-refractivity contribution in [1.82, 2.24) is 19.9 Å². The van der Waals surface area contributed by atoms with Gasteiger partial charge in [-0.1, -0.05) is 12.1 Å². The Morgan fingerprint density at radius 3 is 2.58 bits per heavy atom. The summed E-state index contributed by atoms with van der Waals surface area (Å²) in [4.78, 5) is 9.43. The van der Waals surface area contributed by atoms with Crippen molar-refractivity contribution in [2.45, 2.75) is 32.4 Å². The molecule has 1 aromatic carbocycles. The number of piperidine rings is 1. The number of thiazole rings is 1. The molecule has 3 heterocycles. The van der Waals surface area contributed by atoms with Gasteiger partial charge in [-0.25, -0.2) is 9.97 Å². The van der Waals surface area contributed by atoms with E-state index in [-0.39, 0.29) is 37.2 Å². The van der Waals surface area contributed by atoms with Gasteiger partial charge in [-0.2, -0.15) is 0 Å². The van der Waals surface area contributed by atoms with Crippen molar-refractivity contribution in [3.05, 3.63) is 40.3 Å². The monoisotopic (exact) mass is 435 g/mol. The standard InChI is InChI=1S/C17H21N5S.3ClH/c1-12-19-14(11-23-12)10-22-16-5-3-2-4-15(16)21-17(22)20-13-6-8-18-9-7-13;;;/h2-5,11,13,18H,6-10H2,1H3,(H,20,21);3*1H. The quantitative estimate of drug-likeness (QED) is 0.641. The van der Waals surface area contributed by atoms with Gasteiger partial charge in [0.05, 0.1) is 28.3 Å². The fourth-order valence-electron chi connectivity index (χ4n) is 3.14. The van der Waals surface area contributed by atoms with Gasteiger partial charge in [0.2, 0.25) is 5.95 Å². The van der Waals surface area contributed by atoms with Crippen molar-refractivity contribution >= 4 is 65.5 Å². The van der Waals surface area contributed by atoms with Gasteiger partial charge in [-0.15, -0.1) is 48.6 Å². The smallest absolute Gasteiger partial charge is 0.204 e. The van der Waals surface area contributed by atoms with Gasteiger partial charge in [0.1, 0.15) is 0 Å². The van der Waals surface area contributed by atoms with E-state index in [1.807, 2.05) is 13.0 Å². The number of fused-ring (bicyclic) bond motifs is 1. The first-order valence-electron chi connectivity index (χ1n) is 8.13. The highest BCUT2D eigenvalue weighted by Gasteiger charge is 2.17. The average molecular weight is 437 g/mol. The maximum atomic E-state index is 4.82. The van der Waals surface area contributed by atoms with Crippen molar-refractivity contribution in [1.29, 1.82) is 0 Å². The zero-order chi connectivity index (χ0) is 15.6. The molecule has 0 bridgehead atoms. The van der Waals surface area contributed by atoms with Gasteiger partial charge in [0, 0.05) is 11.4 Å². The topological polar surface area (TPSA) is 54.8 Å². The Morgan fingerprint density at radius 1 is 1.15 bits per heavy atom. The van der Waals surface area contributed by atoms with Gasteiger partial charge in [-0.3, -0.25) is 0 Å². The van der Waals surface area contributed by atoms with Crippen LogP contribution in [0.5, 0.6) is 0 Å². The van der Waals surface area contributed by atoms with Crippen LogP contribution in [0, 0.1) is 6.92 Å². The number of halogens is 3. The Morgan fingerprint density at radius 2 is 1.88 bits per heavy atom. The number of benzene rings is 1. The number of nitrogens with zero attached hydrogens (tertiary/aromatic N) is 3. The molecule has 144 valence electrons. The minimum atomic E-state index is 0. The van der Waals surface area contributed by atoms with Crippen molar-refractivity contribution in [2.24, 2.45) is 0 Å². The number of nitrogens with one attached hydrogen (secondary N) is 2. The molecule has 26 heavy (non-hydrogen) atoms. The average Bonchev–Trinajstić information content (AvgIpc) is 3.13. The number of imidazole rings is 1. The highest BCUT2D eigenvalue weighted by Crippen LogP contribution is 2.23. The molecule has 0 saturated carbocycles. The van der Waals surface area contributed by atoms with E-state index in [4.69, 9.17) is 4.98 Å². The van der Waals surface area contributed by atoms with Crippen molar-refractivity contribution in [2.75, 3.05) is 18.4 Å². The molecule has 4 rings (SSSR count). The van der Waals surface area contributed by atoms with Crippen LogP contribution in [-0.2, 0) is 6.54 Å². The van der Waals surface area contributed by atoms with Crippen LogP contribution in [0.2, 0.25) is 0 Å². The molecule has 2 N–H and O–H groups in total. The Labute approximate surface area is 176 Å². The summed E-state index contributed by atoms with van der Waals surface area (Å²) in [5, 5.41) is 10.3. The number of aromatic nitrogens is 3. The highest BCUT2D eigenvalue weighted by atomic mass is 35.5. The van der Waals surface area contributed by atoms with Crippen LogP contribution in [0.3, 0.4) is 0 Å². The summed E-state index contributed by atoms with van der Waals surface area (Å²) in [5.41, 5.74) is 3.30. The predicted molar refractivity (Wildman–Crippen MR) is 117 cm³/mol. The second-order valence-electron chi connectivity index (χ2n) is 6.04. The summed E-state index contributed by atoms with van der Waals surface area (Å²) in [6.07, 6.45) is 2.28. The molecule has 1 saturated heterocycles. The number of rotatable bonds is 4. The van der Waals surface area contributed by atoms with Crippen molar-refractivity contribution in [3.63, 3.8) is 0 Å². The van der Waals surface area contributed by atoms with Crippen LogP contribution in [0.15, 0.2) is 29.6 Å². The Hall–Kier alpha value is -1.05. The number of anilines is 1. The zero-order valence-corrected chi connectivity index (χ0v) is 17.7. The van der Waals surface area contributed by atoms with Gasteiger partial charge in [-0.05, 0) is 45.0 Å². The Bertz CT molecular complexity index is 814. The van der Waals surface area contributed by atoms with E-state index in [0.717, 1.165) is 60.2 Å². The molecular weight excluding hydrogens is 413 g/mol. The molecule has 0 radical (unpaired) electrons. The summed E-state index contributed by atoms with van der Waals surface area (Å²) in [6, 6.07) is 8.81. The summed E-state index contributed by atoms with van der Waals surface area (Å²) in [5.74, 6) is 0.962. The predicted octanol–water partition coefficient (Wildman–Crippen LogP) is 4.28. The Balaban J connectivity index is 0.00000113. The minimum Gasteiger partial charge on any atom is -0.353 e. The lowest BCUT2D eigenvalue weighted by atomic mass is 10.1. The van der Waals surface area contributed by atoms with E-state index >= 15 is 0 Å². The molecule has 0 atom stereocenters. The van der Waals surface area contributed by atoms with Crippen LogP contribution in [0.1, 0.15) is 23.5 Å². The summed E-state index contributed by atoms with van der Waals surface area (Å²) in [7, 11) is 0. The van der Waals surface area contributed by atoms with Gasteiger partial charge in [0.25, 0.3) is 0 Å². The van der Waals surface area contributed by atoms with Crippen LogP contribution >= 0.6 is 48.6 Å². The largest absolute Gasteiger partial charge is 0.353 e. The summed E-state index contributed by atoms with van der Waals surface area (Å²) in [6.45, 7) is 4.96. The van der Waals surface area contributed by atoms with E-state index in [9.17, 15) is 0 Å². The molecular formula is C17H24Cl3N5S. The third-order valence-corrected chi connectivity index (χ3v) is 5.14. The van der Waals surface area contributed by atoms with Crippen LogP contribution in [0.4, 0.5) is 5.95 Å². The van der Waals surface area contributed by atoms with E-state index in [2.05, 4.69) is 43.8 Å². The van der Waals surface area contributed by atoms with Crippen molar-refractivity contribution in [3.8, 4) is 0 Å². The molecule has 0 spiro atoms. The van der Waals surface area contributed by atoms with E-state index < -0.39 is 0 Å². The fraction of sp³-hybridized carbons (Fsp3) is 0.412. The normalized spacial score (nSPS) is 14.2. The molecule has 1 fully saturated rings. The second-order valence-corrected chi connectivity index (χ2v) is 7.10.